The Morgan fingerprint density at radius 3 is 2.30 bits per heavy atom. The standard InChI is InChI=1S/C19H17Cl2N3O3/c20-14-7-8-16(15(21)12-14)22-17(25)10-11-19(27)24-23-18(26)9-6-13-4-2-1-3-5-13/h1-9,12H,10-11H2,(H,22,25)(H,23,26)(H,24,27). The lowest BCUT2D eigenvalue weighted by Crippen LogP contribution is -2.41. The highest BCUT2D eigenvalue weighted by Gasteiger charge is 2.09. The molecule has 0 aliphatic carbocycles. The zero-order chi connectivity index (χ0) is 19.6. The number of hydrazine groups is 1. The van der Waals surface area contributed by atoms with Crippen LogP contribution in [0.4, 0.5) is 5.69 Å². The van der Waals surface area contributed by atoms with Gasteiger partial charge >= 0.3 is 0 Å². The van der Waals surface area contributed by atoms with Crippen LogP contribution in [0.5, 0.6) is 0 Å². The molecule has 0 atom stereocenters. The number of hydrogen-bond acceptors (Lipinski definition) is 3. The topological polar surface area (TPSA) is 87.3 Å². The molecular weight excluding hydrogens is 389 g/mol. The summed E-state index contributed by atoms with van der Waals surface area (Å²) in [5.41, 5.74) is 5.76. The summed E-state index contributed by atoms with van der Waals surface area (Å²) < 4.78 is 0. The van der Waals surface area contributed by atoms with Crippen LogP contribution in [0.1, 0.15) is 18.4 Å². The zero-order valence-electron chi connectivity index (χ0n) is 14.2. The first-order valence-electron chi connectivity index (χ1n) is 8.01. The molecule has 140 valence electrons. The van der Waals surface area contributed by atoms with E-state index < -0.39 is 11.8 Å². The molecule has 0 bridgehead atoms. The molecule has 8 heteroatoms. The van der Waals surface area contributed by atoms with Gasteiger partial charge in [0.2, 0.25) is 11.8 Å². The van der Waals surface area contributed by atoms with E-state index in [1.807, 2.05) is 30.3 Å². The normalized spacial score (nSPS) is 10.4. The minimum absolute atomic E-state index is 0.0689. The SMILES string of the molecule is O=C(C=Cc1ccccc1)NNC(=O)CCC(=O)Nc1ccc(Cl)cc1Cl. The van der Waals surface area contributed by atoms with E-state index in [1.165, 1.54) is 12.1 Å². The average molecular weight is 406 g/mol. The molecule has 0 aliphatic heterocycles. The van der Waals surface area contributed by atoms with Crippen molar-refractivity contribution >= 4 is 52.7 Å². The molecule has 3 N–H and O–H groups in total. The lowest BCUT2D eigenvalue weighted by atomic mass is 10.2. The number of amides is 3. The Bertz CT molecular complexity index is 855. The van der Waals surface area contributed by atoms with Gasteiger partial charge in [0.1, 0.15) is 0 Å². The molecule has 2 rings (SSSR count). The van der Waals surface area contributed by atoms with Gasteiger partial charge in [-0.25, -0.2) is 0 Å². The van der Waals surface area contributed by atoms with Crippen molar-refractivity contribution in [1.82, 2.24) is 10.9 Å². The molecule has 6 nitrogen and oxygen atoms in total. The Kier molecular flexibility index (Phi) is 7.85. The number of benzene rings is 2. The van der Waals surface area contributed by atoms with E-state index in [0.29, 0.717) is 15.7 Å². The maximum Gasteiger partial charge on any atom is 0.262 e. The molecule has 0 aliphatic rings. The van der Waals surface area contributed by atoms with Gasteiger partial charge in [-0.15, -0.1) is 0 Å². The fourth-order valence-corrected chi connectivity index (χ4v) is 2.46. The monoisotopic (exact) mass is 405 g/mol. The zero-order valence-corrected chi connectivity index (χ0v) is 15.7. The highest BCUT2D eigenvalue weighted by atomic mass is 35.5. The van der Waals surface area contributed by atoms with Crippen LogP contribution in [0.15, 0.2) is 54.6 Å². The van der Waals surface area contributed by atoms with Crippen molar-refractivity contribution in [3.8, 4) is 0 Å². The molecule has 2 aromatic rings. The Balaban J connectivity index is 1.70. The van der Waals surface area contributed by atoms with Gasteiger partial charge in [0.15, 0.2) is 0 Å². The van der Waals surface area contributed by atoms with Gasteiger partial charge in [-0.2, -0.15) is 0 Å². The summed E-state index contributed by atoms with van der Waals surface area (Å²) in [4.78, 5) is 35.2. The van der Waals surface area contributed by atoms with Crippen molar-refractivity contribution in [3.63, 3.8) is 0 Å². The number of halogens is 2. The van der Waals surface area contributed by atoms with Gasteiger partial charge in [-0.3, -0.25) is 25.2 Å². The summed E-state index contributed by atoms with van der Waals surface area (Å²) in [5, 5.41) is 3.34. The van der Waals surface area contributed by atoms with Crippen LogP contribution >= 0.6 is 23.2 Å². The van der Waals surface area contributed by atoms with Crippen molar-refractivity contribution in [3.05, 3.63) is 70.2 Å². The summed E-state index contributed by atoms with van der Waals surface area (Å²) in [6, 6.07) is 13.9. The van der Waals surface area contributed by atoms with Crippen LogP contribution < -0.4 is 16.2 Å². The largest absolute Gasteiger partial charge is 0.325 e. The molecule has 0 saturated carbocycles. The smallest absolute Gasteiger partial charge is 0.262 e. The van der Waals surface area contributed by atoms with Crippen molar-refractivity contribution in [2.24, 2.45) is 0 Å². The first-order chi connectivity index (χ1) is 12.9. The van der Waals surface area contributed by atoms with E-state index in [-0.39, 0.29) is 18.7 Å². The van der Waals surface area contributed by atoms with Gasteiger partial charge in [0.25, 0.3) is 5.91 Å². The molecular formula is C19H17Cl2N3O3. The number of anilines is 1. The van der Waals surface area contributed by atoms with E-state index >= 15 is 0 Å². The maximum absolute atomic E-state index is 11.9. The lowest BCUT2D eigenvalue weighted by Gasteiger charge is -2.08. The first kappa shape index (κ1) is 20.5. The quantitative estimate of drug-likeness (QED) is 0.506. The fraction of sp³-hybridized carbons (Fsp3) is 0.105. The van der Waals surface area contributed by atoms with E-state index in [1.54, 1.807) is 18.2 Å². The second kappa shape index (κ2) is 10.4. The summed E-state index contributed by atoms with van der Waals surface area (Å²) >= 11 is 11.7. The third-order valence-electron chi connectivity index (χ3n) is 3.34. The first-order valence-corrected chi connectivity index (χ1v) is 8.76. The Hall–Kier alpha value is -2.83. The van der Waals surface area contributed by atoms with Crippen molar-refractivity contribution < 1.29 is 14.4 Å². The van der Waals surface area contributed by atoms with Gasteiger partial charge in [0, 0.05) is 23.9 Å². The van der Waals surface area contributed by atoms with Gasteiger partial charge in [-0.1, -0.05) is 53.5 Å². The van der Waals surface area contributed by atoms with Crippen LogP contribution in [0.2, 0.25) is 10.0 Å². The Morgan fingerprint density at radius 1 is 0.889 bits per heavy atom. The second-order valence-electron chi connectivity index (χ2n) is 5.45. The van der Waals surface area contributed by atoms with Crippen LogP contribution in [0, 0.1) is 0 Å². The van der Waals surface area contributed by atoms with Gasteiger partial charge in [-0.05, 0) is 29.8 Å². The minimum Gasteiger partial charge on any atom is -0.325 e. The summed E-state index contributed by atoms with van der Waals surface area (Å²) in [6.45, 7) is 0. The molecule has 0 aromatic heterocycles. The number of carbonyl (C=O) groups excluding carboxylic acids is 3. The third kappa shape index (κ3) is 7.52. The third-order valence-corrected chi connectivity index (χ3v) is 3.88. The second-order valence-corrected chi connectivity index (χ2v) is 6.30. The van der Waals surface area contributed by atoms with Gasteiger partial charge in [0.05, 0.1) is 10.7 Å². The minimum atomic E-state index is -0.492. The molecule has 0 radical (unpaired) electrons. The molecule has 0 fully saturated rings. The molecule has 2 aromatic carbocycles. The number of rotatable bonds is 6. The van der Waals surface area contributed by atoms with Crippen LogP contribution in [-0.2, 0) is 14.4 Å². The lowest BCUT2D eigenvalue weighted by molar-refractivity contribution is -0.128. The van der Waals surface area contributed by atoms with Crippen molar-refractivity contribution in [2.75, 3.05) is 5.32 Å². The van der Waals surface area contributed by atoms with Crippen LogP contribution in [0.25, 0.3) is 6.08 Å². The summed E-state index contributed by atoms with van der Waals surface area (Å²) in [5.74, 6) is -1.36. The number of hydrogen-bond donors (Lipinski definition) is 3. The molecule has 0 spiro atoms. The van der Waals surface area contributed by atoms with Crippen LogP contribution in [-0.4, -0.2) is 17.7 Å². The van der Waals surface area contributed by atoms with E-state index in [9.17, 15) is 14.4 Å². The fourth-order valence-electron chi connectivity index (χ4n) is 2.00. The highest BCUT2D eigenvalue weighted by Crippen LogP contribution is 2.25. The number of carbonyl (C=O) groups is 3. The summed E-state index contributed by atoms with van der Waals surface area (Å²) in [7, 11) is 0. The van der Waals surface area contributed by atoms with Gasteiger partial charge < -0.3 is 5.32 Å². The number of nitrogens with one attached hydrogen (secondary N) is 3. The molecule has 0 unspecified atom stereocenters. The Labute approximate surface area is 166 Å². The Morgan fingerprint density at radius 2 is 1.59 bits per heavy atom. The van der Waals surface area contributed by atoms with Crippen LogP contribution in [0.3, 0.4) is 0 Å². The molecule has 27 heavy (non-hydrogen) atoms. The maximum atomic E-state index is 11.9. The van der Waals surface area contributed by atoms with E-state index in [0.717, 1.165) is 5.56 Å². The van der Waals surface area contributed by atoms with Crippen molar-refractivity contribution in [1.29, 1.82) is 0 Å². The van der Waals surface area contributed by atoms with E-state index in [2.05, 4.69) is 16.2 Å². The molecule has 0 saturated heterocycles. The predicted octanol–water partition coefficient (Wildman–Crippen LogP) is 3.57. The highest BCUT2D eigenvalue weighted by molar-refractivity contribution is 6.36. The van der Waals surface area contributed by atoms with Crippen molar-refractivity contribution in [2.45, 2.75) is 12.8 Å². The summed E-state index contributed by atoms with van der Waals surface area (Å²) in [6.07, 6.45) is 2.75. The predicted molar refractivity (Wildman–Crippen MR) is 106 cm³/mol. The average Bonchev–Trinajstić information content (AvgIpc) is 2.66. The molecule has 0 heterocycles. The molecule has 3 amide bonds. The van der Waals surface area contributed by atoms with E-state index in [4.69, 9.17) is 23.2 Å².